The van der Waals surface area contributed by atoms with Gasteiger partial charge >= 0.3 is 0 Å². The van der Waals surface area contributed by atoms with Gasteiger partial charge in [0.15, 0.2) is 0 Å². The molecule has 17 heavy (non-hydrogen) atoms. The van der Waals surface area contributed by atoms with Crippen LogP contribution in [-0.4, -0.2) is 6.54 Å². The van der Waals surface area contributed by atoms with E-state index in [9.17, 15) is 0 Å². The molecule has 0 radical (unpaired) electrons. The summed E-state index contributed by atoms with van der Waals surface area (Å²) in [5.41, 5.74) is 7.72. The van der Waals surface area contributed by atoms with Gasteiger partial charge in [0.05, 0.1) is 0 Å². The highest BCUT2D eigenvalue weighted by molar-refractivity contribution is 5.83. The van der Waals surface area contributed by atoms with Crippen LogP contribution in [-0.2, 0) is 5.41 Å². The van der Waals surface area contributed by atoms with Crippen molar-refractivity contribution in [2.45, 2.75) is 25.2 Å². The minimum absolute atomic E-state index is 0.277. The lowest BCUT2D eigenvalue weighted by molar-refractivity contribution is 0.600. The number of rotatable bonds is 3. The van der Waals surface area contributed by atoms with E-state index in [-0.39, 0.29) is 5.41 Å². The first-order chi connectivity index (χ1) is 8.30. The largest absolute Gasteiger partial charge is 0.330 e. The van der Waals surface area contributed by atoms with Crippen molar-refractivity contribution in [2.75, 3.05) is 6.54 Å². The molecule has 0 heterocycles. The predicted molar refractivity (Wildman–Crippen MR) is 73.1 cm³/mol. The van der Waals surface area contributed by atoms with Crippen LogP contribution in [0.15, 0.2) is 42.5 Å². The fraction of sp³-hybridized carbons (Fsp3) is 0.375. The van der Waals surface area contributed by atoms with Crippen LogP contribution in [0, 0.1) is 5.92 Å². The highest BCUT2D eigenvalue weighted by atomic mass is 14.7. The van der Waals surface area contributed by atoms with Gasteiger partial charge in [-0.1, -0.05) is 55.8 Å². The van der Waals surface area contributed by atoms with Gasteiger partial charge in [-0.3, -0.25) is 0 Å². The zero-order chi connectivity index (χ0) is 11.9. The zero-order valence-corrected chi connectivity index (χ0v) is 10.3. The Hall–Kier alpha value is -1.34. The summed E-state index contributed by atoms with van der Waals surface area (Å²) in [6.07, 6.45) is 2.50. The average Bonchev–Trinajstić information content (AvgIpc) is 3.13. The maximum Gasteiger partial charge on any atom is 0.0107 e. The summed E-state index contributed by atoms with van der Waals surface area (Å²) in [4.78, 5) is 0. The van der Waals surface area contributed by atoms with Crippen LogP contribution >= 0.6 is 0 Å². The van der Waals surface area contributed by atoms with E-state index in [1.54, 1.807) is 0 Å². The summed E-state index contributed by atoms with van der Waals surface area (Å²) in [6, 6.07) is 15.4. The van der Waals surface area contributed by atoms with Crippen molar-refractivity contribution < 1.29 is 0 Å². The van der Waals surface area contributed by atoms with Crippen LogP contribution in [0.3, 0.4) is 0 Å². The third-order valence-electron chi connectivity index (χ3n) is 4.41. The molecular weight excluding hydrogens is 206 g/mol. The van der Waals surface area contributed by atoms with E-state index >= 15 is 0 Å². The van der Waals surface area contributed by atoms with E-state index in [4.69, 9.17) is 5.73 Å². The number of benzene rings is 2. The van der Waals surface area contributed by atoms with Crippen LogP contribution in [0.5, 0.6) is 0 Å². The molecule has 0 saturated heterocycles. The normalized spacial score (nSPS) is 27.3. The Morgan fingerprint density at radius 2 is 1.94 bits per heavy atom. The first-order valence-corrected chi connectivity index (χ1v) is 6.49. The highest BCUT2D eigenvalue weighted by Crippen LogP contribution is 2.55. The van der Waals surface area contributed by atoms with Crippen LogP contribution < -0.4 is 5.73 Å². The van der Waals surface area contributed by atoms with Crippen molar-refractivity contribution in [2.24, 2.45) is 11.7 Å². The molecule has 1 heteroatoms. The molecule has 1 aliphatic rings. The molecule has 3 rings (SSSR count). The Labute approximate surface area is 103 Å². The minimum Gasteiger partial charge on any atom is -0.330 e. The quantitative estimate of drug-likeness (QED) is 0.850. The first kappa shape index (κ1) is 10.8. The van der Waals surface area contributed by atoms with E-state index in [0.29, 0.717) is 0 Å². The predicted octanol–water partition coefficient (Wildman–Crippen LogP) is 3.47. The van der Waals surface area contributed by atoms with Crippen molar-refractivity contribution in [3.05, 3.63) is 48.0 Å². The van der Waals surface area contributed by atoms with E-state index in [0.717, 1.165) is 12.5 Å². The van der Waals surface area contributed by atoms with Gasteiger partial charge in [-0.25, -0.2) is 0 Å². The summed E-state index contributed by atoms with van der Waals surface area (Å²) in [7, 11) is 0. The van der Waals surface area contributed by atoms with Gasteiger partial charge in [-0.2, -0.15) is 0 Å². The summed E-state index contributed by atoms with van der Waals surface area (Å²) >= 11 is 0. The molecule has 1 nitrogen and oxygen atoms in total. The van der Waals surface area contributed by atoms with Crippen molar-refractivity contribution in [3.8, 4) is 0 Å². The molecule has 88 valence electrons. The first-order valence-electron chi connectivity index (χ1n) is 6.49. The lowest BCUT2D eigenvalue weighted by Gasteiger charge is -2.16. The minimum atomic E-state index is 0.277. The highest BCUT2D eigenvalue weighted by Gasteiger charge is 2.52. The van der Waals surface area contributed by atoms with Gasteiger partial charge in [0.25, 0.3) is 0 Å². The summed E-state index contributed by atoms with van der Waals surface area (Å²) in [6.45, 7) is 3.05. The Balaban J connectivity index is 2.07. The van der Waals surface area contributed by atoms with E-state index in [2.05, 4.69) is 49.4 Å². The van der Waals surface area contributed by atoms with Gasteiger partial charge in [0.1, 0.15) is 0 Å². The van der Waals surface area contributed by atoms with Crippen LogP contribution in [0.25, 0.3) is 10.8 Å². The topological polar surface area (TPSA) is 26.0 Å². The Bertz CT molecular complexity index is 546. The molecule has 1 aliphatic carbocycles. The maximum atomic E-state index is 6.01. The number of hydrogen-bond donors (Lipinski definition) is 1. The van der Waals surface area contributed by atoms with Crippen LogP contribution in [0.2, 0.25) is 0 Å². The number of nitrogens with two attached hydrogens (primary N) is 1. The molecule has 1 saturated carbocycles. The monoisotopic (exact) mass is 225 g/mol. The molecule has 0 amide bonds. The zero-order valence-electron chi connectivity index (χ0n) is 10.3. The molecule has 0 bridgehead atoms. The average molecular weight is 225 g/mol. The molecule has 0 aliphatic heterocycles. The Kier molecular flexibility index (Phi) is 2.44. The van der Waals surface area contributed by atoms with E-state index in [1.807, 2.05) is 0 Å². The third kappa shape index (κ3) is 1.57. The van der Waals surface area contributed by atoms with Gasteiger partial charge in [0, 0.05) is 12.0 Å². The lowest BCUT2D eigenvalue weighted by Crippen LogP contribution is -2.22. The third-order valence-corrected chi connectivity index (χ3v) is 4.41. The van der Waals surface area contributed by atoms with Gasteiger partial charge < -0.3 is 5.73 Å². The number of fused-ring (bicyclic) bond motifs is 1. The van der Waals surface area contributed by atoms with Gasteiger partial charge in [-0.15, -0.1) is 0 Å². The standard InChI is InChI=1S/C16H19N/c1-2-14-10-16(14,11-17)15-8-7-12-5-3-4-6-13(12)9-15/h3-9,14H,2,10-11,17H2,1H3/t14-,16+/m0/s1. The van der Waals surface area contributed by atoms with E-state index in [1.165, 1.54) is 29.2 Å². The fourth-order valence-corrected chi connectivity index (χ4v) is 3.14. The summed E-state index contributed by atoms with van der Waals surface area (Å²) in [5, 5.41) is 2.65. The molecule has 0 spiro atoms. The van der Waals surface area contributed by atoms with E-state index < -0.39 is 0 Å². The molecule has 2 aromatic rings. The molecule has 1 fully saturated rings. The molecule has 0 unspecified atom stereocenters. The SMILES string of the molecule is CC[C@H]1C[C@]1(CN)c1ccc2ccccc2c1. The van der Waals surface area contributed by atoms with Crippen LogP contribution in [0.1, 0.15) is 25.3 Å². The van der Waals surface area contributed by atoms with Crippen molar-refractivity contribution in [3.63, 3.8) is 0 Å². The lowest BCUT2D eigenvalue weighted by atomic mass is 9.91. The maximum absolute atomic E-state index is 6.01. The number of hydrogen-bond acceptors (Lipinski definition) is 1. The second-order valence-electron chi connectivity index (χ2n) is 5.23. The smallest absolute Gasteiger partial charge is 0.0107 e. The van der Waals surface area contributed by atoms with Gasteiger partial charge in [0.2, 0.25) is 0 Å². The van der Waals surface area contributed by atoms with Crippen molar-refractivity contribution >= 4 is 10.8 Å². The van der Waals surface area contributed by atoms with Gasteiger partial charge in [-0.05, 0) is 28.7 Å². The summed E-state index contributed by atoms with van der Waals surface area (Å²) < 4.78 is 0. The molecular formula is C16H19N. The van der Waals surface area contributed by atoms with Crippen LogP contribution in [0.4, 0.5) is 0 Å². The molecule has 2 atom stereocenters. The molecule has 2 aromatic carbocycles. The Morgan fingerprint density at radius 3 is 2.59 bits per heavy atom. The fourth-order valence-electron chi connectivity index (χ4n) is 3.14. The second kappa shape index (κ2) is 3.85. The van der Waals surface area contributed by atoms with Crippen molar-refractivity contribution in [1.29, 1.82) is 0 Å². The molecule has 0 aromatic heterocycles. The van der Waals surface area contributed by atoms with Crippen molar-refractivity contribution in [1.82, 2.24) is 0 Å². The molecule has 2 N–H and O–H groups in total. The second-order valence-corrected chi connectivity index (χ2v) is 5.23. The Morgan fingerprint density at radius 1 is 1.18 bits per heavy atom. The summed E-state index contributed by atoms with van der Waals surface area (Å²) in [5.74, 6) is 0.786.